The van der Waals surface area contributed by atoms with Crippen molar-refractivity contribution in [3.63, 3.8) is 0 Å². The quantitative estimate of drug-likeness (QED) is 0.521. The highest BCUT2D eigenvalue weighted by Gasteiger charge is 2.17. The Hall–Kier alpha value is -3.69. The van der Waals surface area contributed by atoms with Gasteiger partial charge in [-0.05, 0) is 31.2 Å². The maximum atomic E-state index is 13.0. The predicted molar refractivity (Wildman–Crippen MR) is 119 cm³/mol. The Morgan fingerprint density at radius 3 is 2.81 bits per heavy atom. The number of nitrogens with zero attached hydrogens (tertiary/aromatic N) is 6. The molecule has 1 N–H and O–H groups in total. The van der Waals surface area contributed by atoms with Crippen molar-refractivity contribution in [3.05, 3.63) is 72.2 Å². The summed E-state index contributed by atoms with van der Waals surface area (Å²) in [6, 6.07) is 9.52. The fourth-order valence-electron chi connectivity index (χ4n) is 3.64. The summed E-state index contributed by atoms with van der Waals surface area (Å²) in [5.41, 5.74) is 4.14. The lowest BCUT2D eigenvalue weighted by Crippen LogP contribution is -2.35. The number of carbonyl (C=O) groups is 1. The Kier molecular flexibility index (Phi) is 5.57. The number of aryl methyl sites for hydroxylation is 1. The standard InChI is InChI=1S/C23H23N7O2/c1-16-5-6-17(13-25-16)19-15-30-8-7-24-21(22(30)27-19)23(31)28-20-4-2-3-18(26-20)14-29-9-11-32-12-10-29/h2-8,13,15H,9-12,14H2,1H3,(H,26,28,31). The minimum absolute atomic E-state index is 0.235. The van der Waals surface area contributed by atoms with Gasteiger partial charge >= 0.3 is 0 Å². The van der Waals surface area contributed by atoms with Gasteiger partial charge in [0.05, 0.1) is 24.6 Å². The number of carbonyl (C=O) groups excluding carboxylic acids is 1. The number of fused-ring (bicyclic) bond motifs is 1. The lowest BCUT2D eigenvalue weighted by molar-refractivity contribution is 0.0337. The van der Waals surface area contributed by atoms with E-state index in [1.54, 1.807) is 29.1 Å². The molecule has 5 heterocycles. The Balaban J connectivity index is 1.37. The van der Waals surface area contributed by atoms with Gasteiger partial charge in [0, 0.05) is 55.7 Å². The molecule has 5 rings (SSSR count). The second-order valence-electron chi connectivity index (χ2n) is 7.68. The van der Waals surface area contributed by atoms with E-state index in [9.17, 15) is 4.79 Å². The Morgan fingerprint density at radius 2 is 2.00 bits per heavy atom. The molecular formula is C23H23N7O2. The molecule has 1 amide bonds. The van der Waals surface area contributed by atoms with Crippen LogP contribution in [0, 0.1) is 6.92 Å². The first-order valence-electron chi connectivity index (χ1n) is 10.5. The van der Waals surface area contributed by atoms with E-state index in [-0.39, 0.29) is 11.6 Å². The van der Waals surface area contributed by atoms with E-state index in [0.29, 0.717) is 11.5 Å². The van der Waals surface area contributed by atoms with Gasteiger partial charge in [-0.2, -0.15) is 0 Å². The van der Waals surface area contributed by atoms with E-state index in [2.05, 4.69) is 30.2 Å². The lowest BCUT2D eigenvalue weighted by Gasteiger charge is -2.26. The minimum Gasteiger partial charge on any atom is -0.379 e. The van der Waals surface area contributed by atoms with Crippen LogP contribution in [-0.2, 0) is 11.3 Å². The third kappa shape index (κ3) is 4.34. The second-order valence-corrected chi connectivity index (χ2v) is 7.68. The maximum absolute atomic E-state index is 13.0. The molecule has 0 radical (unpaired) electrons. The Labute approximate surface area is 185 Å². The van der Waals surface area contributed by atoms with Crippen molar-refractivity contribution in [1.82, 2.24) is 29.2 Å². The van der Waals surface area contributed by atoms with E-state index < -0.39 is 0 Å². The van der Waals surface area contributed by atoms with Crippen LogP contribution in [0.15, 0.2) is 55.1 Å². The molecule has 9 heteroatoms. The van der Waals surface area contributed by atoms with E-state index in [1.165, 1.54) is 0 Å². The molecule has 0 bridgehead atoms. The number of pyridine rings is 2. The Morgan fingerprint density at radius 1 is 1.12 bits per heavy atom. The lowest BCUT2D eigenvalue weighted by atomic mass is 10.2. The SMILES string of the molecule is Cc1ccc(-c2cn3ccnc(C(=O)Nc4cccc(CN5CCOCC5)n4)c3n2)cn1. The number of ether oxygens (including phenoxy) is 1. The number of anilines is 1. The number of nitrogens with one attached hydrogen (secondary N) is 1. The fraction of sp³-hybridized carbons (Fsp3) is 0.261. The number of rotatable bonds is 5. The largest absolute Gasteiger partial charge is 0.379 e. The van der Waals surface area contributed by atoms with Crippen molar-refractivity contribution in [2.75, 3.05) is 31.6 Å². The van der Waals surface area contributed by atoms with Crippen LogP contribution in [0.3, 0.4) is 0 Å². The van der Waals surface area contributed by atoms with Gasteiger partial charge in [-0.1, -0.05) is 6.07 Å². The maximum Gasteiger partial charge on any atom is 0.279 e. The van der Waals surface area contributed by atoms with Gasteiger partial charge in [0.25, 0.3) is 5.91 Å². The molecule has 1 aliphatic heterocycles. The average Bonchev–Trinajstić information content (AvgIpc) is 3.25. The van der Waals surface area contributed by atoms with Crippen LogP contribution in [0.25, 0.3) is 16.9 Å². The van der Waals surface area contributed by atoms with E-state index in [1.807, 2.05) is 37.4 Å². The number of imidazole rings is 1. The van der Waals surface area contributed by atoms with Gasteiger partial charge < -0.3 is 14.5 Å². The highest BCUT2D eigenvalue weighted by Crippen LogP contribution is 2.20. The monoisotopic (exact) mass is 429 g/mol. The number of aromatic nitrogens is 5. The third-order valence-corrected chi connectivity index (χ3v) is 5.33. The van der Waals surface area contributed by atoms with Gasteiger partial charge in [-0.15, -0.1) is 0 Å². The van der Waals surface area contributed by atoms with Crippen molar-refractivity contribution in [3.8, 4) is 11.3 Å². The number of hydrogen-bond donors (Lipinski definition) is 1. The molecule has 4 aromatic rings. The zero-order valence-electron chi connectivity index (χ0n) is 17.7. The molecule has 0 spiro atoms. The number of hydrogen-bond acceptors (Lipinski definition) is 7. The summed E-state index contributed by atoms with van der Waals surface area (Å²) in [4.78, 5) is 33.1. The van der Waals surface area contributed by atoms with Crippen molar-refractivity contribution >= 4 is 17.4 Å². The molecule has 162 valence electrons. The van der Waals surface area contributed by atoms with Crippen LogP contribution in [0.4, 0.5) is 5.82 Å². The molecular weight excluding hydrogens is 406 g/mol. The number of morpholine rings is 1. The summed E-state index contributed by atoms with van der Waals surface area (Å²) in [7, 11) is 0. The summed E-state index contributed by atoms with van der Waals surface area (Å²) >= 11 is 0. The summed E-state index contributed by atoms with van der Waals surface area (Å²) in [5, 5.41) is 2.86. The smallest absolute Gasteiger partial charge is 0.279 e. The van der Waals surface area contributed by atoms with Crippen LogP contribution >= 0.6 is 0 Å². The molecule has 9 nitrogen and oxygen atoms in total. The van der Waals surface area contributed by atoms with Gasteiger partial charge in [0.2, 0.25) is 0 Å². The van der Waals surface area contributed by atoms with Crippen LogP contribution in [0.2, 0.25) is 0 Å². The van der Waals surface area contributed by atoms with Crippen LogP contribution in [0.1, 0.15) is 21.9 Å². The molecule has 1 saturated heterocycles. The van der Waals surface area contributed by atoms with Crippen molar-refractivity contribution in [2.45, 2.75) is 13.5 Å². The molecule has 1 aliphatic rings. The first-order valence-corrected chi connectivity index (χ1v) is 10.5. The highest BCUT2D eigenvalue weighted by molar-refractivity contribution is 6.06. The highest BCUT2D eigenvalue weighted by atomic mass is 16.5. The molecule has 1 fully saturated rings. The zero-order valence-corrected chi connectivity index (χ0v) is 17.7. The van der Waals surface area contributed by atoms with Gasteiger partial charge in [0.15, 0.2) is 11.3 Å². The van der Waals surface area contributed by atoms with Crippen molar-refractivity contribution < 1.29 is 9.53 Å². The fourth-order valence-corrected chi connectivity index (χ4v) is 3.64. The molecule has 0 saturated carbocycles. The average molecular weight is 429 g/mol. The molecule has 4 aromatic heterocycles. The van der Waals surface area contributed by atoms with Crippen molar-refractivity contribution in [1.29, 1.82) is 0 Å². The predicted octanol–water partition coefficient (Wildman–Crippen LogP) is 2.58. The number of amides is 1. The molecule has 0 unspecified atom stereocenters. The molecule has 0 aliphatic carbocycles. The molecule has 0 atom stereocenters. The normalized spacial score (nSPS) is 14.5. The second kappa shape index (κ2) is 8.81. The first kappa shape index (κ1) is 20.2. The third-order valence-electron chi connectivity index (χ3n) is 5.33. The minimum atomic E-state index is -0.356. The van der Waals surface area contributed by atoms with E-state index in [4.69, 9.17) is 4.74 Å². The van der Waals surface area contributed by atoms with E-state index in [0.717, 1.165) is 55.5 Å². The van der Waals surface area contributed by atoms with Gasteiger partial charge in [-0.25, -0.2) is 15.0 Å². The van der Waals surface area contributed by atoms with Gasteiger partial charge in [-0.3, -0.25) is 14.7 Å². The van der Waals surface area contributed by atoms with Crippen LogP contribution < -0.4 is 5.32 Å². The first-order chi connectivity index (χ1) is 15.7. The van der Waals surface area contributed by atoms with E-state index >= 15 is 0 Å². The van der Waals surface area contributed by atoms with Gasteiger partial charge in [0.1, 0.15) is 5.82 Å². The Bertz CT molecular complexity index is 1250. The van der Waals surface area contributed by atoms with Crippen LogP contribution in [-0.4, -0.2) is 61.4 Å². The molecule has 0 aromatic carbocycles. The summed E-state index contributed by atoms with van der Waals surface area (Å²) in [5.74, 6) is 0.130. The summed E-state index contributed by atoms with van der Waals surface area (Å²) in [6.45, 7) is 5.87. The zero-order chi connectivity index (χ0) is 21.9. The molecule has 32 heavy (non-hydrogen) atoms. The van der Waals surface area contributed by atoms with Crippen molar-refractivity contribution in [2.24, 2.45) is 0 Å². The summed E-state index contributed by atoms with van der Waals surface area (Å²) < 4.78 is 7.19. The topological polar surface area (TPSA) is 97.5 Å². The summed E-state index contributed by atoms with van der Waals surface area (Å²) in [6.07, 6.45) is 6.99. The van der Waals surface area contributed by atoms with Crippen LogP contribution in [0.5, 0.6) is 0 Å².